The van der Waals surface area contributed by atoms with Crippen molar-refractivity contribution in [2.45, 2.75) is 6.42 Å². The molecule has 0 atom stereocenters. The monoisotopic (exact) mass is 243 g/mol. The molecule has 0 aliphatic heterocycles. The van der Waals surface area contributed by atoms with Gasteiger partial charge in [-0.25, -0.2) is 0 Å². The second-order valence-electron chi connectivity index (χ2n) is 3.47. The van der Waals surface area contributed by atoms with Crippen LogP contribution < -0.4 is 4.74 Å². The summed E-state index contributed by atoms with van der Waals surface area (Å²) in [5, 5.41) is 9.33. The number of nitrogens with zero attached hydrogens (tertiary/aromatic N) is 1. The van der Waals surface area contributed by atoms with Crippen LogP contribution in [0.2, 0.25) is 5.02 Å². The van der Waals surface area contributed by atoms with Crippen molar-refractivity contribution in [3.63, 3.8) is 0 Å². The third-order valence-electron chi connectivity index (χ3n) is 2.30. The van der Waals surface area contributed by atoms with E-state index in [-0.39, 0.29) is 6.42 Å². The van der Waals surface area contributed by atoms with E-state index in [9.17, 15) is 0 Å². The maximum Gasteiger partial charge on any atom is 0.133 e. The first kappa shape index (κ1) is 11.5. The molecule has 0 spiro atoms. The molecule has 0 saturated carbocycles. The number of hydrogen-bond donors (Lipinski definition) is 0. The fourth-order valence-corrected chi connectivity index (χ4v) is 1.73. The predicted molar refractivity (Wildman–Crippen MR) is 67.3 cm³/mol. The molecule has 0 fully saturated rings. The van der Waals surface area contributed by atoms with Crippen LogP contribution in [0, 0.1) is 11.3 Å². The van der Waals surface area contributed by atoms with E-state index in [2.05, 4.69) is 6.07 Å². The molecule has 0 radical (unpaired) electrons. The Balaban J connectivity index is 2.33. The fourth-order valence-electron chi connectivity index (χ4n) is 1.50. The number of benzene rings is 2. The van der Waals surface area contributed by atoms with Gasteiger partial charge in [-0.15, -0.1) is 0 Å². The van der Waals surface area contributed by atoms with Gasteiger partial charge in [0.15, 0.2) is 0 Å². The van der Waals surface area contributed by atoms with Crippen molar-refractivity contribution in [3.8, 4) is 17.6 Å². The van der Waals surface area contributed by atoms with Gasteiger partial charge in [0, 0.05) is 10.6 Å². The van der Waals surface area contributed by atoms with Crippen LogP contribution in [-0.4, -0.2) is 0 Å². The Morgan fingerprint density at radius 2 is 1.82 bits per heavy atom. The molecule has 2 rings (SSSR count). The van der Waals surface area contributed by atoms with Crippen molar-refractivity contribution < 1.29 is 4.74 Å². The molecule has 0 aromatic heterocycles. The quantitative estimate of drug-likeness (QED) is 0.810. The molecule has 0 amide bonds. The van der Waals surface area contributed by atoms with Crippen molar-refractivity contribution >= 4 is 11.6 Å². The van der Waals surface area contributed by atoms with Gasteiger partial charge in [0.1, 0.15) is 11.5 Å². The van der Waals surface area contributed by atoms with Crippen LogP contribution >= 0.6 is 11.6 Å². The summed E-state index contributed by atoms with van der Waals surface area (Å²) >= 11 is 6.04. The Hall–Kier alpha value is -1.98. The predicted octanol–water partition coefficient (Wildman–Crippen LogP) is 4.20. The zero-order valence-electron chi connectivity index (χ0n) is 9.06. The molecule has 0 saturated heterocycles. The standard InChI is InChI=1S/C14H10ClNO/c15-13-7-4-8-14(12(13)9-10-16)17-11-5-2-1-3-6-11/h1-8H,9H2. The highest BCUT2D eigenvalue weighted by Crippen LogP contribution is 2.30. The summed E-state index contributed by atoms with van der Waals surface area (Å²) in [5.74, 6) is 1.36. The number of rotatable bonds is 3. The lowest BCUT2D eigenvalue weighted by Gasteiger charge is -2.10. The third-order valence-corrected chi connectivity index (χ3v) is 2.66. The number of halogens is 1. The van der Waals surface area contributed by atoms with Crippen LogP contribution in [0.15, 0.2) is 48.5 Å². The van der Waals surface area contributed by atoms with E-state index in [1.165, 1.54) is 0 Å². The van der Waals surface area contributed by atoms with E-state index >= 15 is 0 Å². The third kappa shape index (κ3) is 2.77. The van der Waals surface area contributed by atoms with Gasteiger partial charge in [-0.05, 0) is 24.3 Å². The van der Waals surface area contributed by atoms with E-state index in [1.54, 1.807) is 6.07 Å². The second kappa shape index (κ2) is 5.38. The number of nitriles is 1. The molecule has 0 aliphatic rings. The highest BCUT2D eigenvalue weighted by Gasteiger charge is 2.08. The van der Waals surface area contributed by atoms with Gasteiger partial charge in [-0.1, -0.05) is 35.9 Å². The summed E-state index contributed by atoms with van der Waals surface area (Å²) in [6.07, 6.45) is 0.238. The Morgan fingerprint density at radius 1 is 1.06 bits per heavy atom. The van der Waals surface area contributed by atoms with E-state index in [4.69, 9.17) is 21.6 Å². The zero-order valence-corrected chi connectivity index (χ0v) is 9.82. The topological polar surface area (TPSA) is 33.0 Å². The van der Waals surface area contributed by atoms with E-state index in [0.717, 1.165) is 11.3 Å². The van der Waals surface area contributed by atoms with Crippen LogP contribution in [0.1, 0.15) is 5.56 Å². The van der Waals surface area contributed by atoms with Gasteiger partial charge in [0.2, 0.25) is 0 Å². The molecule has 2 nitrogen and oxygen atoms in total. The zero-order chi connectivity index (χ0) is 12.1. The molecule has 3 heteroatoms. The lowest BCUT2D eigenvalue weighted by atomic mass is 10.1. The van der Waals surface area contributed by atoms with Crippen LogP contribution in [0.25, 0.3) is 0 Å². The molecule has 0 N–H and O–H groups in total. The highest BCUT2D eigenvalue weighted by molar-refractivity contribution is 6.31. The molecule has 84 valence electrons. The number of hydrogen-bond acceptors (Lipinski definition) is 2. The Morgan fingerprint density at radius 3 is 2.53 bits per heavy atom. The van der Waals surface area contributed by atoms with Gasteiger partial charge in [-0.3, -0.25) is 0 Å². The van der Waals surface area contributed by atoms with Crippen molar-refractivity contribution in [2.24, 2.45) is 0 Å². The van der Waals surface area contributed by atoms with Gasteiger partial charge in [0.25, 0.3) is 0 Å². The lowest BCUT2D eigenvalue weighted by Crippen LogP contribution is -1.91. The van der Waals surface area contributed by atoms with Crippen molar-refractivity contribution in [1.82, 2.24) is 0 Å². The average molecular weight is 244 g/mol. The smallest absolute Gasteiger partial charge is 0.133 e. The summed E-state index contributed by atoms with van der Waals surface area (Å²) in [4.78, 5) is 0. The molecule has 17 heavy (non-hydrogen) atoms. The van der Waals surface area contributed by atoms with Crippen LogP contribution in [0.5, 0.6) is 11.5 Å². The fraction of sp³-hybridized carbons (Fsp3) is 0.0714. The van der Waals surface area contributed by atoms with Crippen LogP contribution in [0.4, 0.5) is 0 Å². The largest absolute Gasteiger partial charge is 0.457 e. The summed E-state index contributed by atoms with van der Waals surface area (Å²) in [6, 6.07) is 16.9. The Kier molecular flexibility index (Phi) is 3.64. The van der Waals surface area contributed by atoms with Gasteiger partial charge in [0.05, 0.1) is 12.5 Å². The normalized spacial score (nSPS) is 9.65. The van der Waals surface area contributed by atoms with Crippen molar-refractivity contribution in [3.05, 3.63) is 59.1 Å². The molecule has 0 heterocycles. The molecule has 2 aromatic rings. The number of para-hydroxylation sites is 1. The summed E-state index contributed by atoms with van der Waals surface area (Å²) in [7, 11) is 0. The molecule has 0 bridgehead atoms. The van der Waals surface area contributed by atoms with E-state index in [0.29, 0.717) is 10.8 Å². The van der Waals surface area contributed by atoms with Gasteiger partial charge < -0.3 is 4.74 Å². The molecule has 0 aliphatic carbocycles. The van der Waals surface area contributed by atoms with Gasteiger partial charge in [-0.2, -0.15) is 5.26 Å². The van der Waals surface area contributed by atoms with Gasteiger partial charge >= 0.3 is 0 Å². The van der Waals surface area contributed by atoms with E-state index in [1.807, 2.05) is 42.5 Å². The summed E-state index contributed by atoms with van der Waals surface area (Å²) < 4.78 is 5.71. The Labute approximate surface area is 105 Å². The second-order valence-corrected chi connectivity index (χ2v) is 3.87. The number of ether oxygens (including phenoxy) is 1. The first-order chi connectivity index (χ1) is 8.31. The SMILES string of the molecule is N#CCc1c(Cl)cccc1Oc1ccccc1. The minimum atomic E-state index is 0.238. The molecule has 2 aromatic carbocycles. The van der Waals surface area contributed by atoms with Crippen LogP contribution in [0.3, 0.4) is 0 Å². The minimum absolute atomic E-state index is 0.238. The Bertz CT molecular complexity index is 546. The molecular formula is C14H10ClNO. The highest BCUT2D eigenvalue weighted by atomic mass is 35.5. The average Bonchev–Trinajstić information content (AvgIpc) is 2.35. The minimum Gasteiger partial charge on any atom is -0.457 e. The lowest BCUT2D eigenvalue weighted by molar-refractivity contribution is 0.478. The van der Waals surface area contributed by atoms with E-state index < -0.39 is 0 Å². The van der Waals surface area contributed by atoms with Crippen LogP contribution in [-0.2, 0) is 6.42 Å². The summed E-state index contributed by atoms with van der Waals surface area (Å²) in [5.41, 5.74) is 0.723. The molecule has 0 unspecified atom stereocenters. The first-order valence-electron chi connectivity index (χ1n) is 5.18. The maximum atomic E-state index is 8.77. The summed E-state index contributed by atoms with van der Waals surface area (Å²) in [6.45, 7) is 0. The molecular weight excluding hydrogens is 234 g/mol. The van der Waals surface area contributed by atoms with Crippen molar-refractivity contribution in [2.75, 3.05) is 0 Å². The van der Waals surface area contributed by atoms with Crippen molar-refractivity contribution in [1.29, 1.82) is 5.26 Å². The maximum absolute atomic E-state index is 8.77. The first-order valence-corrected chi connectivity index (χ1v) is 5.56.